The Labute approximate surface area is 144 Å². The highest BCUT2D eigenvalue weighted by Gasteiger charge is 2.21. The van der Waals surface area contributed by atoms with Crippen molar-refractivity contribution < 1.29 is 0 Å². The summed E-state index contributed by atoms with van der Waals surface area (Å²) in [4.78, 5) is 7.04. The number of hydrogen-bond acceptors (Lipinski definition) is 4. The number of aryl methyl sites for hydroxylation is 2. The minimum absolute atomic E-state index is 0.733. The number of pyridine rings is 1. The van der Waals surface area contributed by atoms with E-state index >= 15 is 0 Å². The van der Waals surface area contributed by atoms with E-state index in [0.29, 0.717) is 0 Å². The quantitative estimate of drug-likeness (QED) is 0.855. The van der Waals surface area contributed by atoms with Crippen molar-refractivity contribution in [3.8, 4) is 0 Å². The van der Waals surface area contributed by atoms with Gasteiger partial charge < -0.3 is 5.32 Å². The molecule has 5 heteroatoms. The first kappa shape index (κ1) is 17.0. The van der Waals surface area contributed by atoms with Gasteiger partial charge in [0.25, 0.3) is 0 Å². The Balaban J connectivity index is 1.57. The fourth-order valence-electron chi connectivity index (χ4n) is 3.79. The van der Waals surface area contributed by atoms with E-state index in [2.05, 4.69) is 64.4 Å². The third-order valence-electron chi connectivity index (χ3n) is 4.65. The molecule has 0 aromatic carbocycles. The first-order valence-corrected chi connectivity index (χ1v) is 9.07. The fourth-order valence-corrected chi connectivity index (χ4v) is 3.79. The normalized spacial score (nSPS) is 18.7. The molecule has 2 aromatic heterocycles. The average molecular weight is 327 g/mol. The molecule has 0 bridgehead atoms. The third-order valence-corrected chi connectivity index (χ3v) is 4.65. The van der Waals surface area contributed by atoms with Gasteiger partial charge in [-0.2, -0.15) is 5.10 Å². The molecule has 0 saturated carbocycles. The van der Waals surface area contributed by atoms with Crippen LogP contribution in [0.3, 0.4) is 0 Å². The van der Waals surface area contributed by atoms with E-state index in [0.717, 1.165) is 49.2 Å². The molecule has 2 N–H and O–H groups in total. The van der Waals surface area contributed by atoms with E-state index in [1.807, 2.05) is 0 Å². The summed E-state index contributed by atoms with van der Waals surface area (Å²) in [5.41, 5.74) is 4.89. The predicted octanol–water partition coefficient (Wildman–Crippen LogP) is 3.31. The lowest BCUT2D eigenvalue weighted by Gasteiger charge is -2.32. The molecule has 1 unspecified atom stereocenters. The molecule has 1 fully saturated rings. The lowest BCUT2D eigenvalue weighted by atomic mass is 9.91. The number of anilines is 1. The molecule has 1 aliphatic heterocycles. The molecular formula is C19H29N5. The van der Waals surface area contributed by atoms with Crippen molar-refractivity contribution in [3.63, 3.8) is 0 Å². The first-order valence-electron chi connectivity index (χ1n) is 9.07. The summed E-state index contributed by atoms with van der Waals surface area (Å²) < 4.78 is 0. The Bertz CT molecular complexity index is 643. The summed E-state index contributed by atoms with van der Waals surface area (Å²) in [6.07, 6.45) is 3.76. The van der Waals surface area contributed by atoms with Crippen LogP contribution in [0.15, 0.2) is 18.2 Å². The number of hydrogen-bond donors (Lipinski definition) is 2. The SMILES string of the molecule is CCNc1cc(CN2CCCC(Cc3cc(C)nc(C)c3)C2)[nH]n1. The smallest absolute Gasteiger partial charge is 0.148 e. The Hall–Kier alpha value is -1.88. The molecule has 1 aliphatic rings. The number of likely N-dealkylation sites (tertiary alicyclic amines) is 1. The van der Waals surface area contributed by atoms with Crippen LogP contribution in [0.25, 0.3) is 0 Å². The average Bonchev–Trinajstić information content (AvgIpc) is 2.94. The van der Waals surface area contributed by atoms with Crippen LogP contribution in [0.4, 0.5) is 5.82 Å². The van der Waals surface area contributed by atoms with Gasteiger partial charge in [0.05, 0.1) is 5.69 Å². The van der Waals surface area contributed by atoms with Gasteiger partial charge in [0.2, 0.25) is 0 Å². The van der Waals surface area contributed by atoms with E-state index in [9.17, 15) is 0 Å². The van der Waals surface area contributed by atoms with Crippen molar-refractivity contribution in [2.45, 2.75) is 46.6 Å². The van der Waals surface area contributed by atoms with Crippen molar-refractivity contribution in [2.75, 3.05) is 25.0 Å². The van der Waals surface area contributed by atoms with Gasteiger partial charge >= 0.3 is 0 Å². The minimum atomic E-state index is 0.733. The van der Waals surface area contributed by atoms with Crippen molar-refractivity contribution in [1.82, 2.24) is 20.1 Å². The maximum absolute atomic E-state index is 4.49. The van der Waals surface area contributed by atoms with Crippen LogP contribution in [0.1, 0.15) is 42.4 Å². The van der Waals surface area contributed by atoms with Gasteiger partial charge in [-0.15, -0.1) is 0 Å². The van der Waals surface area contributed by atoms with Crippen molar-refractivity contribution in [2.24, 2.45) is 5.92 Å². The molecule has 2 aromatic rings. The van der Waals surface area contributed by atoms with Gasteiger partial charge in [-0.25, -0.2) is 0 Å². The molecule has 24 heavy (non-hydrogen) atoms. The maximum Gasteiger partial charge on any atom is 0.148 e. The van der Waals surface area contributed by atoms with Crippen molar-refractivity contribution in [3.05, 3.63) is 40.8 Å². The van der Waals surface area contributed by atoms with Gasteiger partial charge in [0, 0.05) is 37.1 Å². The van der Waals surface area contributed by atoms with Crippen LogP contribution in [-0.4, -0.2) is 39.7 Å². The molecule has 3 rings (SSSR count). The molecule has 0 aliphatic carbocycles. The van der Waals surface area contributed by atoms with Gasteiger partial charge in [0.1, 0.15) is 5.82 Å². The molecule has 1 saturated heterocycles. The fraction of sp³-hybridized carbons (Fsp3) is 0.579. The summed E-state index contributed by atoms with van der Waals surface area (Å²) in [5.74, 6) is 1.68. The predicted molar refractivity (Wildman–Crippen MR) is 98.2 cm³/mol. The molecule has 3 heterocycles. The summed E-state index contributed by atoms with van der Waals surface area (Å²) in [5, 5.41) is 10.7. The Kier molecular flexibility index (Phi) is 5.51. The molecule has 5 nitrogen and oxygen atoms in total. The molecular weight excluding hydrogens is 298 g/mol. The third kappa shape index (κ3) is 4.57. The summed E-state index contributed by atoms with van der Waals surface area (Å²) >= 11 is 0. The van der Waals surface area contributed by atoms with Gasteiger partial charge in [-0.05, 0) is 70.2 Å². The number of piperidine rings is 1. The van der Waals surface area contributed by atoms with E-state index in [1.165, 1.54) is 30.6 Å². The van der Waals surface area contributed by atoms with Crippen LogP contribution >= 0.6 is 0 Å². The highest BCUT2D eigenvalue weighted by molar-refractivity contribution is 5.34. The van der Waals surface area contributed by atoms with Crippen molar-refractivity contribution in [1.29, 1.82) is 0 Å². The largest absolute Gasteiger partial charge is 0.369 e. The second-order valence-electron chi connectivity index (χ2n) is 7.01. The summed E-state index contributed by atoms with van der Waals surface area (Å²) in [6, 6.07) is 6.61. The molecule has 0 radical (unpaired) electrons. The second kappa shape index (κ2) is 7.79. The highest BCUT2D eigenvalue weighted by atomic mass is 15.2. The van der Waals surface area contributed by atoms with E-state index in [1.54, 1.807) is 0 Å². The molecule has 1 atom stereocenters. The number of rotatable bonds is 6. The zero-order valence-corrected chi connectivity index (χ0v) is 15.1. The van der Waals surface area contributed by atoms with Crippen LogP contribution < -0.4 is 5.32 Å². The Morgan fingerprint density at radius 3 is 2.79 bits per heavy atom. The molecule has 0 amide bonds. The van der Waals surface area contributed by atoms with Crippen molar-refractivity contribution >= 4 is 5.82 Å². The van der Waals surface area contributed by atoms with Crippen LogP contribution in [-0.2, 0) is 13.0 Å². The van der Waals surface area contributed by atoms with E-state index in [-0.39, 0.29) is 0 Å². The van der Waals surface area contributed by atoms with Gasteiger partial charge in [0.15, 0.2) is 0 Å². The highest BCUT2D eigenvalue weighted by Crippen LogP contribution is 2.23. The van der Waals surface area contributed by atoms with Crippen LogP contribution in [0.2, 0.25) is 0 Å². The Morgan fingerprint density at radius 2 is 2.04 bits per heavy atom. The van der Waals surface area contributed by atoms with Crippen LogP contribution in [0, 0.1) is 19.8 Å². The van der Waals surface area contributed by atoms with E-state index < -0.39 is 0 Å². The summed E-state index contributed by atoms with van der Waals surface area (Å²) in [6.45, 7) is 10.5. The standard InChI is InChI=1S/C19H29N5/c1-4-20-19-11-18(22-23-19)13-24-7-5-6-16(12-24)10-17-8-14(2)21-15(3)9-17/h8-9,11,16H,4-7,10,12-13H2,1-3H3,(H2,20,22,23). The van der Waals surface area contributed by atoms with Gasteiger partial charge in [-0.1, -0.05) is 0 Å². The number of aromatic nitrogens is 3. The Morgan fingerprint density at radius 1 is 1.25 bits per heavy atom. The minimum Gasteiger partial charge on any atom is -0.369 e. The van der Waals surface area contributed by atoms with Crippen LogP contribution in [0.5, 0.6) is 0 Å². The lowest BCUT2D eigenvalue weighted by molar-refractivity contribution is 0.165. The van der Waals surface area contributed by atoms with Gasteiger partial charge in [-0.3, -0.25) is 15.0 Å². The first-order chi connectivity index (χ1) is 11.6. The number of H-pyrrole nitrogens is 1. The monoisotopic (exact) mass is 327 g/mol. The zero-order chi connectivity index (χ0) is 16.9. The number of aromatic amines is 1. The second-order valence-corrected chi connectivity index (χ2v) is 7.01. The molecule has 0 spiro atoms. The summed E-state index contributed by atoms with van der Waals surface area (Å²) in [7, 11) is 0. The van der Waals surface area contributed by atoms with E-state index in [4.69, 9.17) is 0 Å². The lowest BCUT2D eigenvalue weighted by Crippen LogP contribution is -2.35. The molecule has 130 valence electrons. The number of nitrogens with zero attached hydrogens (tertiary/aromatic N) is 3. The maximum atomic E-state index is 4.49. The topological polar surface area (TPSA) is 56.8 Å². The number of nitrogens with one attached hydrogen (secondary N) is 2. The zero-order valence-electron chi connectivity index (χ0n) is 15.1.